The molecule has 8 nitrogen and oxygen atoms in total. The predicted octanol–water partition coefficient (Wildman–Crippen LogP) is 3.39. The van der Waals surface area contributed by atoms with Crippen molar-refractivity contribution < 1.29 is 14.3 Å². The van der Waals surface area contributed by atoms with Gasteiger partial charge in [-0.15, -0.1) is 0 Å². The molecule has 1 aliphatic heterocycles. The Morgan fingerprint density at radius 1 is 1.15 bits per heavy atom. The number of hydrogen-bond donors (Lipinski definition) is 1. The Bertz CT molecular complexity index is 1120. The van der Waals surface area contributed by atoms with Gasteiger partial charge in [0.25, 0.3) is 5.91 Å². The summed E-state index contributed by atoms with van der Waals surface area (Å²) in [6.07, 6.45) is 5.36. The Labute approximate surface area is 193 Å². The van der Waals surface area contributed by atoms with E-state index in [1.807, 2.05) is 23.1 Å². The Hall–Kier alpha value is -3.81. The molecule has 1 N–H and O–H groups in total. The minimum absolute atomic E-state index is 0.0452. The summed E-state index contributed by atoms with van der Waals surface area (Å²) in [6.45, 7) is 3.10. The molecule has 1 aromatic carbocycles. The third-order valence-electron chi connectivity index (χ3n) is 5.79. The molecule has 1 fully saturated rings. The Kier molecular flexibility index (Phi) is 6.92. The maximum absolute atomic E-state index is 12.8. The van der Waals surface area contributed by atoms with Crippen LogP contribution in [0.15, 0.2) is 54.9 Å². The van der Waals surface area contributed by atoms with Crippen LogP contribution in [0.2, 0.25) is 0 Å². The van der Waals surface area contributed by atoms with Gasteiger partial charge in [0.05, 0.1) is 24.8 Å². The Morgan fingerprint density at radius 2 is 1.97 bits per heavy atom. The zero-order valence-electron chi connectivity index (χ0n) is 18.8. The standard InChI is InChI=1S/C25H27N5O3/c1-17-22(25(32)29-19-8-10-21(33-2)11-9-19)15-27-24(28-17)18-6-5-13-30(16-18)23(31)14-20-7-3-4-12-26-20/h3-4,7-12,15,18H,5-6,13-14,16H2,1-2H3,(H,29,32)/t18-/m0/s1. The van der Waals surface area contributed by atoms with Crippen LogP contribution in [0.1, 0.15) is 46.3 Å². The highest BCUT2D eigenvalue weighted by molar-refractivity contribution is 6.04. The molecule has 3 heterocycles. The van der Waals surface area contributed by atoms with E-state index in [0.717, 1.165) is 30.8 Å². The molecular weight excluding hydrogens is 418 g/mol. The first-order chi connectivity index (χ1) is 16.0. The van der Waals surface area contributed by atoms with Crippen LogP contribution in [0.4, 0.5) is 5.69 Å². The predicted molar refractivity (Wildman–Crippen MR) is 124 cm³/mol. The van der Waals surface area contributed by atoms with Gasteiger partial charge in [-0.05, 0) is 56.2 Å². The number of nitrogens with zero attached hydrogens (tertiary/aromatic N) is 4. The number of nitrogens with one attached hydrogen (secondary N) is 1. The second-order valence-corrected chi connectivity index (χ2v) is 8.09. The van der Waals surface area contributed by atoms with Gasteiger partial charge in [0.1, 0.15) is 11.6 Å². The van der Waals surface area contributed by atoms with Crippen molar-refractivity contribution in [3.63, 3.8) is 0 Å². The van der Waals surface area contributed by atoms with Crippen molar-refractivity contribution in [1.82, 2.24) is 19.9 Å². The zero-order valence-corrected chi connectivity index (χ0v) is 18.8. The molecule has 2 amide bonds. The first-order valence-corrected chi connectivity index (χ1v) is 11.0. The molecule has 0 radical (unpaired) electrons. The smallest absolute Gasteiger partial charge is 0.259 e. The third-order valence-corrected chi connectivity index (χ3v) is 5.79. The minimum Gasteiger partial charge on any atom is -0.497 e. The number of aryl methyl sites for hydroxylation is 1. The number of aromatic nitrogens is 3. The SMILES string of the molecule is COc1ccc(NC(=O)c2cnc([C@H]3CCCN(C(=O)Cc4ccccn4)C3)nc2C)cc1. The second-order valence-electron chi connectivity index (χ2n) is 8.09. The highest BCUT2D eigenvalue weighted by Crippen LogP contribution is 2.25. The van der Waals surface area contributed by atoms with E-state index < -0.39 is 0 Å². The average molecular weight is 446 g/mol. The number of piperidine rings is 1. The molecule has 33 heavy (non-hydrogen) atoms. The summed E-state index contributed by atoms with van der Waals surface area (Å²) in [5, 5.41) is 2.86. The number of carbonyl (C=O) groups excluding carboxylic acids is 2. The molecule has 1 saturated heterocycles. The van der Waals surface area contributed by atoms with Crippen LogP contribution in [0.3, 0.4) is 0 Å². The summed E-state index contributed by atoms with van der Waals surface area (Å²) in [5.74, 6) is 1.23. The van der Waals surface area contributed by atoms with Crippen molar-refractivity contribution in [3.05, 3.63) is 77.6 Å². The first-order valence-electron chi connectivity index (χ1n) is 11.0. The number of likely N-dealkylation sites (tertiary alicyclic amines) is 1. The fourth-order valence-corrected chi connectivity index (χ4v) is 3.96. The van der Waals surface area contributed by atoms with Gasteiger partial charge in [-0.3, -0.25) is 14.6 Å². The summed E-state index contributed by atoms with van der Waals surface area (Å²) < 4.78 is 5.14. The summed E-state index contributed by atoms with van der Waals surface area (Å²) in [6, 6.07) is 12.7. The molecule has 0 aliphatic carbocycles. The maximum atomic E-state index is 12.8. The van der Waals surface area contributed by atoms with E-state index in [1.54, 1.807) is 50.7 Å². The van der Waals surface area contributed by atoms with E-state index in [0.29, 0.717) is 29.3 Å². The molecule has 3 aromatic rings. The molecule has 0 spiro atoms. The van der Waals surface area contributed by atoms with E-state index in [4.69, 9.17) is 4.74 Å². The summed E-state index contributed by atoms with van der Waals surface area (Å²) >= 11 is 0. The van der Waals surface area contributed by atoms with Crippen molar-refractivity contribution in [1.29, 1.82) is 0 Å². The molecule has 8 heteroatoms. The number of pyridine rings is 1. The number of amides is 2. The lowest BCUT2D eigenvalue weighted by molar-refractivity contribution is -0.131. The van der Waals surface area contributed by atoms with E-state index >= 15 is 0 Å². The molecule has 1 aliphatic rings. The van der Waals surface area contributed by atoms with Crippen molar-refractivity contribution >= 4 is 17.5 Å². The normalized spacial score (nSPS) is 15.7. The van der Waals surface area contributed by atoms with Crippen LogP contribution in [0, 0.1) is 6.92 Å². The van der Waals surface area contributed by atoms with Gasteiger partial charge in [0.2, 0.25) is 5.91 Å². The van der Waals surface area contributed by atoms with E-state index in [2.05, 4.69) is 20.3 Å². The van der Waals surface area contributed by atoms with E-state index in [9.17, 15) is 9.59 Å². The van der Waals surface area contributed by atoms with Gasteiger partial charge in [-0.2, -0.15) is 0 Å². The van der Waals surface area contributed by atoms with Gasteiger partial charge >= 0.3 is 0 Å². The first kappa shape index (κ1) is 22.4. The van der Waals surface area contributed by atoms with Crippen LogP contribution in [0.25, 0.3) is 0 Å². The highest BCUT2D eigenvalue weighted by atomic mass is 16.5. The second kappa shape index (κ2) is 10.2. The molecule has 4 rings (SSSR count). The third kappa shape index (κ3) is 5.52. The van der Waals surface area contributed by atoms with Gasteiger partial charge in [0.15, 0.2) is 0 Å². The lowest BCUT2D eigenvalue weighted by Gasteiger charge is -2.32. The lowest BCUT2D eigenvalue weighted by atomic mass is 9.96. The fourth-order valence-electron chi connectivity index (χ4n) is 3.96. The minimum atomic E-state index is -0.264. The molecule has 170 valence electrons. The van der Waals surface area contributed by atoms with Crippen molar-refractivity contribution in [2.24, 2.45) is 0 Å². The van der Waals surface area contributed by atoms with Crippen molar-refractivity contribution in [2.45, 2.75) is 32.1 Å². The number of hydrogen-bond acceptors (Lipinski definition) is 6. The van der Waals surface area contributed by atoms with Crippen LogP contribution in [-0.2, 0) is 11.2 Å². The Morgan fingerprint density at radius 3 is 2.67 bits per heavy atom. The van der Waals surface area contributed by atoms with Crippen LogP contribution >= 0.6 is 0 Å². The highest BCUT2D eigenvalue weighted by Gasteiger charge is 2.27. The van der Waals surface area contributed by atoms with Crippen molar-refractivity contribution in [3.8, 4) is 5.75 Å². The van der Waals surface area contributed by atoms with Crippen LogP contribution in [-0.4, -0.2) is 51.9 Å². The van der Waals surface area contributed by atoms with E-state index in [1.165, 1.54) is 0 Å². The number of benzene rings is 1. The maximum Gasteiger partial charge on any atom is 0.259 e. The summed E-state index contributed by atoms with van der Waals surface area (Å²) in [7, 11) is 1.60. The van der Waals surface area contributed by atoms with Crippen molar-refractivity contribution in [2.75, 3.05) is 25.5 Å². The number of carbonyl (C=O) groups is 2. The topological polar surface area (TPSA) is 97.3 Å². The summed E-state index contributed by atoms with van der Waals surface area (Å²) in [4.78, 5) is 40.7. The van der Waals surface area contributed by atoms with E-state index in [-0.39, 0.29) is 24.2 Å². The number of methoxy groups -OCH3 is 1. The Balaban J connectivity index is 1.41. The van der Waals surface area contributed by atoms with Gasteiger partial charge < -0.3 is 15.0 Å². The van der Waals surface area contributed by atoms with Gasteiger partial charge in [-0.25, -0.2) is 9.97 Å². The fraction of sp³-hybridized carbons (Fsp3) is 0.320. The quantitative estimate of drug-likeness (QED) is 0.625. The molecule has 1 atom stereocenters. The zero-order chi connectivity index (χ0) is 23.2. The summed E-state index contributed by atoms with van der Waals surface area (Å²) in [5.41, 5.74) is 2.47. The molecular formula is C25H27N5O3. The van der Waals surface area contributed by atoms with Gasteiger partial charge in [0, 0.05) is 42.8 Å². The van der Waals surface area contributed by atoms with Crippen LogP contribution < -0.4 is 10.1 Å². The largest absolute Gasteiger partial charge is 0.497 e. The molecule has 0 saturated carbocycles. The van der Waals surface area contributed by atoms with Crippen LogP contribution in [0.5, 0.6) is 5.75 Å². The molecule has 2 aromatic heterocycles. The number of ether oxygens (including phenoxy) is 1. The monoisotopic (exact) mass is 445 g/mol. The number of anilines is 1. The number of rotatable bonds is 6. The molecule has 0 bridgehead atoms. The lowest BCUT2D eigenvalue weighted by Crippen LogP contribution is -2.40. The average Bonchev–Trinajstić information content (AvgIpc) is 2.85. The van der Waals surface area contributed by atoms with Gasteiger partial charge in [-0.1, -0.05) is 6.07 Å². The molecule has 0 unspecified atom stereocenters.